The summed E-state index contributed by atoms with van der Waals surface area (Å²) in [6, 6.07) is 10.6. The van der Waals surface area contributed by atoms with Gasteiger partial charge in [0.2, 0.25) is 5.75 Å². The normalized spacial score (nSPS) is 13.2. The summed E-state index contributed by atoms with van der Waals surface area (Å²) in [6.45, 7) is 0.297. The lowest BCUT2D eigenvalue weighted by Gasteiger charge is -2.22. The third-order valence-corrected chi connectivity index (χ3v) is 4.98. The number of carbonyl (C=O) groups excluding carboxylic acids is 2. The van der Waals surface area contributed by atoms with E-state index < -0.39 is 11.8 Å². The molecule has 0 N–H and O–H groups in total. The summed E-state index contributed by atoms with van der Waals surface area (Å²) in [5.74, 6) is 7.12. The van der Waals surface area contributed by atoms with E-state index in [1.165, 1.54) is 32.3 Å². The van der Waals surface area contributed by atoms with Crippen molar-refractivity contribution < 1.29 is 28.5 Å². The number of carbonyl (C=O) groups is 2. The maximum Gasteiger partial charge on any atom is 0.268 e. The predicted molar refractivity (Wildman–Crippen MR) is 124 cm³/mol. The van der Waals surface area contributed by atoms with Crippen LogP contribution < -0.4 is 18.9 Å². The monoisotopic (exact) mass is 447 g/mol. The van der Waals surface area contributed by atoms with Crippen molar-refractivity contribution in [2.24, 2.45) is 0 Å². The highest BCUT2D eigenvalue weighted by Gasteiger charge is 2.25. The van der Waals surface area contributed by atoms with Crippen LogP contribution >= 0.6 is 0 Å². The van der Waals surface area contributed by atoms with Crippen molar-refractivity contribution in [3.63, 3.8) is 0 Å². The van der Waals surface area contributed by atoms with Crippen LogP contribution in [0, 0.1) is 11.8 Å². The summed E-state index contributed by atoms with van der Waals surface area (Å²) in [7, 11) is 6.14. The highest BCUT2D eigenvalue weighted by molar-refractivity contribution is 6.11. The quantitative estimate of drug-likeness (QED) is 0.499. The molecule has 170 valence electrons. The van der Waals surface area contributed by atoms with Gasteiger partial charge in [0.25, 0.3) is 11.8 Å². The van der Waals surface area contributed by atoms with Crippen molar-refractivity contribution in [1.82, 2.24) is 4.90 Å². The molecule has 0 radical (unpaired) electrons. The first-order chi connectivity index (χ1) is 16.0. The Morgan fingerprint density at radius 3 is 2.18 bits per heavy atom. The number of rotatable bonds is 6. The third-order valence-electron chi connectivity index (χ3n) is 4.98. The molecule has 2 aromatic rings. The molecule has 3 rings (SSSR count). The summed E-state index contributed by atoms with van der Waals surface area (Å²) < 4.78 is 21.1. The largest absolute Gasteiger partial charge is 0.497 e. The number of imide groups is 1. The number of hydrogen-bond acceptors (Lipinski definition) is 6. The number of methoxy groups -OCH3 is 4. The SMILES string of the molecule is COc1ccc(C#CC2=CCCN(C(=O)C=Cc3cc(OC)c(OC)c(OC)c3)C2=O)cc1. The molecule has 7 heteroatoms. The Bertz CT molecular complexity index is 1130. The van der Waals surface area contributed by atoms with Crippen molar-refractivity contribution >= 4 is 17.9 Å². The van der Waals surface area contributed by atoms with E-state index in [-0.39, 0.29) is 0 Å². The molecule has 2 aromatic carbocycles. The second kappa shape index (κ2) is 10.9. The van der Waals surface area contributed by atoms with E-state index in [4.69, 9.17) is 18.9 Å². The predicted octanol–water partition coefficient (Wildman–Crippen LogP) is 3.47. The van der Waals surface area contributed by atoms with Gasteiger partial charge in [-0.1, -0.05) is 17.9 Å². The fourth-order valence-electron chi connectivity index (χ4n) is 3.26. The molecule has 0 unspecified atom stereocenters. The molecule has 2 amide bonds. The van der Waals surface area contributed by atoms with Gasteiger partial charge in [-0.05, 0) is 54.5 Å². The second-order valence-electron chi connectivity index (χ2n) is 6.97. The molecule has 0 spiro atoms. The molecule has 33 heavy (non-hydrogen) atoms. The molecule has 0 fully saturated rings. The fraction of sp³-hybridized carbons (Fsp3) is 0.231. The van der Waals surface area contributed by atoms with Crippen LogP contribution in [0.3, 0.4) is 0 Å². The molecule has 0 aromatic heterocycles. The Morgan fingerprint density at radius 1 is 0.939 bits per heavy atom. The van der Waals surface area contributed by atoms with Crippen molar-refractivity contribution in [1.29, 1.82) is 0 Å². The molecule has 7 nitrogen and oxygen atoms in total. The van der Waals surface area contributed by atoms with Gasteiger partial charge in [0.15, 0.2) is 11.5 Å². The minimum Gasteiger partial charge on any atom is -0.497 e. The van der Waals surface area contributed by atoms with Crippen molar-refractivity contribution in [3.8, 4) is 34.8 Å². The van der Waals surface area contributed by atoms with Gasteiger partial charge in [0.05, 0.1) is 34.0 Å². The maximum absolute atomic E-state index is 12.8. The topological polar surface area (TPSA) is 74.3 Å². The molecule has 1 heterocycles. The smallest absolute Gasteiger partial charge is 0.268 e. The zero-order chi connectivity index (χ0) is 23.8. The van der Waals surface area contributed by atoms with Crippen LogP contribution in [0.1, 0.15) is 17.5 Å². The Labute approximate surface area is 193 Å². The molecular formula is C26H25NO6. The number of amides is 2. The standard InChI is InChI=1S/C26H25NO6/c1-30-21-12-8-18(9-13-21)7-11-20-6-5-15-27(26(20)29)24(28)14-10-19-16-22(31-2)25(33-4)23(17-19)32-3/h6,8-10,12-14,16-17H,5,15H2,1-4H3. The molecule has 1 aliphatic heterocycles. The van der Waals surface area contributed by atoms with Gasteiger partial charge in [0.1, 0.15) is 5.75 Å². The van der Waals surface area contributed by atoms with Crippen LogP contribution in [0.15, 0.2) is 54.1 Å². The van der Waals surface area contributed by atoms with Crippen LogP contribution in [-0.2, 0) is 9.59 Å². The third kappa shape index (κ3) is 5.55. The Kier molecular flexibility index (Phi) is 7.77. The second-order valence-corrected chi connectivity index (χ2v) is 6.97. The van der Waals surface area contributed by atoms with Gasteiger partial charge in [0, 0.05) is 18.2 Å². The first-order valence-corrected chi connectivity index (χ1v) is 10.2. The van der Waals surface area contributed by atoms with E-state index in [0.717, 1.165) is 11.3 Å². The summed E-state index contributed by atoms with van der Waals surface area (Å²) in [6.07, 6.45) is 5.24. The summed E-state index contributed by atoms with van der Waals surface area (Å²) >= 11 is 0. The van der Waals surface area contributed by atoms with Crippen LogP contribution in [0.5, 0.6) is 23.0 Å². The molecule has 0 saturated carbocycles. The van der Waals surface area contributed by atoms with E-state index in [0.29, 0.717) is 41.4 Å². The fourth-order valence-corrected chi connectivity index (χ4v) is 3.26. The molecule has 0 bridgehead atoms. The number of benzene rings is 2. The van der Waals surface area contributed by atoms with Gasteiger partial charge in [-0.15, -0.1) is 0 Å². The molecule has 0 atom stereocenters. The van der Waals surface area contributed by atoms with Crippen LogP contribution in [0.25, 0.3) is 6.08 Å². The van der Waals surface area contributed by atoms with Gasteiger partial charge in [-0.25, -0.2) is 0 Å². The van der Waals surface area contributed by atoms with Gasteiger partial charge in [-0.3, -0.25) is 14.5 Å². The van der Waals surface area contributed by atoms with Crippen molar-refractivity contribution in [3.05, 3.63) is 65.3 Å². The molecule has 0 aliphatic carbocycles. The van der Waals surface area contributed by atoms with Crippen molar-refractivity contribution in [2.75, 3.05) is 35.0 Å². The minimum absolute atomic E-state index is 0.297. The first-order valence-electron chi connectivity index (χ1n) is 10.2. The van der Waals surface area contributed by atoms with Crippen molar-refractivity contribution in [2.45, 2.75) is 6.42 Å². The molecule has 1 aliphatic rings. The highest BCUT2D eigenvalue weighted by atomic mass is 16.5. The zero-order valence-electron chi connectivity index (χ0n) is 19.0. The van der Waals surface area contributed by atoms with Crippen LogP contribution in [0.4, 0.5) is 0 Å². The van der Waals surface area contributed by atoms with E-state index in [2.05, 4.69) is 11.8 Å². The average Bonchev–Trinajstić information content (AvgIpc) is 2.86. The number of ether oxygens (including phenoxy) is 4. The summed E-state index contributed by atoms with van der Waals surface area (Å²) in [5.41, 5.74) is 1.71. The van der Waals surface area contributed by atoms with Gasteiger partial charge < -0.3 is 18.9 Å². The number of nitrogens with zero attached hydrogens (tertiary/aromatic N) is 1. The van der Waals surface area contributed by atoms with Crippen LogP contribution in [-0.4, -0.2) is 51.7 Å². The molecular weight excluding hydrogens is 422 g/mol. The number of hydrogen-bond donors (Lipinski definition) is 0. The summed E-state index contributed by atoms with van der Waals surface area (Å²) in [5, 5.41) is 0. The first kappa shape index (κ1) is 23.5. The Balaban J connectivity index is 1.75. The highest BCUT2D eigenvalue weighted by Crippen LogP contribution is 2.38. The van der Waals surface area contributed by atoms with Gasteiger partial charge >= 0.3 is 0 Å². The molecule has 0 saturated heterocycles. The minimum atomic E-state index is -0.425. The summed E-state index contributed by atoms with van der Waals surface area (Å²) in [4.78, 5) is 26.7. The lowest BCUT2D eigenvalue weighted by atomic mass is 10.1. The Morgan fingerprint density at radius 2 is 1.61 bits per heavy atom. The van der Waals surface area contributed by atoms with E-state index >= 15 is 0 Å². The Hall–Kier alpha value is -4.18. The van der Waals surface area contributed by atoms with Crippen LogP contribution in [0.2, 0.25) is 0 Å². The van der Waals surface area contributed by atoms with E-state index in [9.17, 15) is 9.59 Å². The average molecular weight is 447 g/mol. The zero-order valence-corrected chi connectivity index (χ0v) is 19.0. The lowest BCUT2D eigenvalue weighted by Crippen LogP contribution is -2.39. The van der Waals surface area contributed by atoms with E-state index in [1.807, 2.05) is 12.1 Å². The lowest BCUT2D eigenvalue weighted by molar-refractivity contribution is -0.139. The van der Waals surface area contributed by atoms with E-state index in [1.54, 1.807) is 43.5 Å². The maximum atomic E-state index is 12.8. The van der Waals surface area contributed by atoms with Gasteiger partial charge in [-0.2, -0.15) is 0 Å².